The van der Waals surface area contributed by atoms with Crippen LogP contribution in [-0.4, -0.2) is 12.2 Å². The molecule has 2 N–H and O–H groups in total. The zero-order valence-corrected chi connectivity index (χ0v) is 13.0. The maximum Gasteiger partial charge on any atom is 0.389 e. The Bertz CT molecular complexity index is 204. The van der Waals surface area contributed by atoms with Gasteiger partial charge in [-0.3, -0.25) is 0 Å². The molecule has 0 heterocycles. The van der Waals surface area contributed by atoms with Crippen LogP contribution in [0.15, 0.2) is 0 Å². The van der Waals surface area contributed by atoms with E-state index in [-0.39, 0.29) is 12.5 Å². The van der Waals surface area contributed by atoms with Crippen LogP contribution < -0.4 is 5.73 Å². The number of hydrogen-bond acceptors (Lipinski definition) is 1. The maximum atomic E-state index is 12.0. The van der Waals surface area contributed by atoms with E-state index in [0.717, 1.165) is 12.8 Å². The first-order chi connectivity index (χ1) is 9.45. The molecule has 0 aliphatic rings. The average Bonchev–Trinajstić information content (AvgIpc) is 2.35. The van der Waals surface area contributed by atoms with E-state index in [1.54, 1.807) is 0 Å². The SMILES string of the molecule is CCCCCCCCCCCC(N)CCCC(F)(F)F. The average molecular weight is 295 g/mol. The summed E-state index contributed by atoms with van der Waals surface area (Å²) in [5.41, 5.74) is 5.83. The third-order valence-corrected chi connectivity index (χ3v) is 3.71. The summed E-state index contributed by atoms with van der Waals surface area (Å²) in [6, 6.07) is -0.0538. The number of nitrogens with two attached hydrogens (primary N) is 1. The van der Waals surface area contributed by atoms with Crippen molar-refractivity contribution in [2.24, 2.45) is 5.73 Å². The van der Waals surface area contributed by atoms with Crippen molar-refractivity contribution in [3.8, 4) is 0 Å². The largest absolute Gasteiger partial charge is 0.389 e. The van der Waals surface area contributed by atoms with Crippen LogP contribution in [0.2, 0.25) is 0 Å². The second-order valence-corrected chi connectivity index (χ2v) is 5.88. The Morgan fingerprint density at radius 2 is 1.20 bits per heavy atom. The minimum atomic E-state index is -4.03. The fourth-order valence-corrected chi connectivity index (χ4v) is 2.43. The summed E-state index contributed by atoms with van der Waals surface area (Å²) in [5.74, 6) is 0. The Morgan fingerprint density at radius 1 is 0.750 bits per heavy atom. The summed E-state index contributed by atoms with van der Waals surface area (Å²) in [6.45, 7) is 2.22. The van der Waals surface area contributed by atoms with Gasteiger partial charge >= 0.3 is 6.18 Å². The molecule has 1 unspecified atom stereocenters. The molecule has 4 heteroatoms. The van der Waals surface area contributed by atoms with Crippen molar-refractivity contribution in [1.82, 2.24) is 0 Å². The highest BCUT2D eigenvalue weighted by atomic mass is 19.4. The molecule has 1 atom stereocenters. The number of halogens is 3. The highest BCUT2D eigenvalue weighted by Gasteiger charge is 2.26. The third-order valence-electron chi connectivity index (χ3n) is 3.71. The van der Waals surface area contributed by atoms with Crippen molar-refractivity contribution >= 4 is 0 Å². The minimum absolute atomic E-state index is 0.0538. The van der Waals surface area contributed by atoms with Gasteiger partial charge in [-0.1, -0.05) is 64.7 Å². The number of alkyl halides is 3. The van der Waals surface area contributed by atoms with Crippen molar-refractivity contribution in [3.05, 3.63) is 0 Å². The van der Waals surface area contributed by atoms with E-state index >= 15 is 0 Å². The molecule has 0 aromatic heterocycles. The van der Waals surface area contributed by atoms with Gasteiger partial charge in [-0.2, -0.15) is 13.2 Å². The van der Waals surface area contributed by atoms with Crippen molar-refractivity contribution in [3.63, 3.8) is 0 Å². The maximum absolute atomic E-state index is 12.0. The van der Waals surface area contributed by atoms with Crippen molar-refractivity contribution in [2.45, 2.75) is 103 Å². The van der Waals surface area contributed by atoms with E-state index in [1.165, 1.54) is 51.4 Å². The molecule has 0 aliphatic carbocycles. The Kier molecular flexibility index (Phi) is 12.3. The summed E-state index contributed by atoms with van der Waals surface area (Å²) in [5, 5.41) is 0. The van der Waals surface area contributed by atoms with Gasteiger partial charge in [0.2, 0.25) is 0 Å². The molecule has 1 nitrogen and oxygen atoms in total. The fraction of sp³-hybridized carbons (Fsp3) is 1.00. The Morgan fingerprint density at radius 3 is 1.70 bits per heavy atom. The molecule has 0 saturated heterocycles. The van der Waals surface area contributed by atoms with Gasteiger partial charge in [0.05, 0.1) is 0 Å². The van der Waals surface area contributed by atoms with Crippen LogP contribution in [0.25, 0.3) is 0 Å². The van der Waals surface area contributed by atoms with Gasteiger partial charge in [0.25, 0.3) is 0 Å². The Balaban J connectivity index is 3.21. The molecule has 0 spiro atoms. The van der Waals surface area contributed by atoms with E-state index in [9.17, 15) is 13.2 Å². The lowest BCUT2D eigenvalue weighted by Crippen LogP contribution is -2.20. The first kappa shape index (κ1) is 19.8. The van der Waals surface area contributed by atoms with Crippen LogP contribution >= 0.6 is 0 Å². The normalized spacial score (nSPS) is 13.7. The lowest BCUT2D eigenvalue weighted by atomic mass is 10.0. The second kappa shape index (κ2) is 12.5. The molecule has 122 valence electrons. The molecular formula is C16H32F3N. The molecule has 0 amide bonds. The predicted molar refractivity (Wildman–Crippen MR) is 79.7 cm³/mol. The standard InChI is InChI=1S/C16H32F3N/c1-2-3-4-5-6-7-8-9-10-12-15(20)13-11-14-16(17,18)19/h15H,2-14,20H2,1H3. The molecular weight excluding hydrogens is 263 g/mol. The Hall–Kier alpha value is -0.250. The smallest absolute Gasteiger partial charge is 0.328 e. The predicted octanol–water partition coefficient (Wildman–Crippen LogP) is 5.97. The van der Waals surface area contributed by atoms with Gasteiger partial charge < -0.3 is 5.73 Å². The molecule has 0 saturated carbocycles. The molecule has 0 bridgehead atoms. The lowest BCUT2D eigenvalue weighted by Gasteiger charge is -2.12. The van der Waals surface area contributed by atoms with E-state index in [0.29, 0.717) is 6.42 Å². The van der Waals surface area contributed by atoms with Crippen LogP contribution in [0.5, 0.6) is 0 Å². The van der Waals surface area contributed by atoms with E-state index < -0.39 is 12.6 Å². The Labute approximate surface area is 122 Å². The van der Waals surface area contributed by atoms with Crippen LogP contribution in [0, 0.1) is 0 Å². The van der Waals surface area contributed by atoms with Gasteiger partial charge in [0, 0.05) is 12.5 Å². The third kappa shape index (κ3) is 15.8. The van der Waals surface area contributed by atoms with Crippen molar-refractivity contribution in [2.75, 3.05) is 0 Å². The molecule has 0 fully saturated rings. The van der Waals surface area contributed by atoms with Crippen molar-refractivity contribution < 1.29 is 13.2 Å². The van der Waals surface area contributed by atoms with E-state index in [4.69, 9.17) is 5.73 Å². The quantitative estimate of drug-likeness (QED) is 0.416. The highest BCUT2D eigenvalue weighted by molar-refractivity contribution is 4.63. The molecule has 0 radical (unpaired) electrons. The topological polar surface area (TPSA) is 26.0 Å². The van der Waals surface area contributed by atoms with Crippen LogP contribution in [0.4, 0.5) is 13.2 Å². The number of hydrogen-bond donors (Lipinski definition) is 1. The number of rotatable bonds is 13. The van der Waals surface area contributed by atoms with Crippen molar-refractivity contribution in [1.29, 1.82) is 0 Å². The van der Waals surface area contributed by atoms with Gasteiger partial charge in [-0.05, 0) is 19.3 Å². The zero-order chi connectivity index (χ0) is 15.3. The summed E-state index contributed by atoms with van der Waals surface area (Å²) in [6.07, 6.45) is 8.18. The summed E-state index contributed by atoms with van der Waals surface area (Å²) < 4.78 is 35.9. The fourth-order valence-electron chi connectivity index (χ4n) is 2.43. The van der Waals surface area contributed by atoms with Gasteiger partial charge in [0.1, 0.15) is 0 Å². The monoisotopic (exact) mass is 295 g/mol. The van der Waals surface area contributed by atoms with E-state index in [1.807, 2.05) is 0 Å². The summed E-state index contributed by atoms with van der Waals surface area (Å²) in [4.78, 5) is 0. The minimum Gasteiger partial charge on any atom is -0.328 e. The van der Waals surface area contributed by atoms with Crippen LogP contribution in [0.1, 0.15) is 90.4 Å². The second-order valence-electron chi connectivity index (χ2n) is 5.88. The lowest BCUT2D eigenvalue weighted by molar-refractivity contribution is -0.135. The van der Waals surface area contributed by atoms with Crippen LogP contribution in [0.3, 0.4) is 0 Å². The summed E-state index contributed by atoms with van der Waals surface area (Å²) in [7, 11) is 0. The zero-order valence-electron chi connectivity index (χ0n) is 13.0. The molecule has 0 aromatic rings. The van der Waals surface area contributed by atoms with Crippen LogP contribution in [-0.2, 0) is 0 Å². The molecule has 0 aromatic carbocycles. The number of unbranched alkanes of at least 4 members (excludes halogenated alkanes) is 8. The molecule has 0 aliphatic heterocycles. The van der Waals surface area contributed by atoms with Gasteiger partial charge in [-0.15, -0.1) is 0 Å². The first-order valence-corrected chi connectivity index (χ1v) is 8.28. The molecule has 0 rings (SSSR count). The van der Waals surface area contributed by atoms with E-state index in [2.05, 4.69) is 6.92 Å². The molecule has 20 heavy (non-hydrogen) atoms. The first-order valence-electron chi connectivity index (χ1n) is 8.28. The van der Waals surface area contributed by atoms with Gasteiger partial charge in [-0.25, -0.2) is 0 Å². The van der Waals surface area contributed by atoms with Gasteiger partial charge in [0.15, 0.2) is 0 Å². The summed E-state index contributed by atoms with van der Waals surface area (Å²) >= 11 is 0. The highest BCUT2D eigenvalue weighted by Crippen LogP contribution is 2.23.